The molecule has 0 aliphatic rings. The van der Waals surface area contributed by atoms with Gasteiger partial charge in [0.2, 0.25) is 0 Å². The van der Waals surface area contributed by atoms with Crippen LogP contribution in [0.1, 0.15) is 11.4 Å². The van der Waals surface area contributed by atoms with Gasteiger partial charge in [-0.1, -0.05) is 23.2 Å². The number of aryl methyl sites for hydroxylation is 2. The van der Waals surface area contributed by atoms with Crippen LogP contribution in [0.25, 0.3) is 0 Å². The number of azo groups is 1. The maximum absolute atomic E-state index is 5.88. The van der Waals surface area contributed by atoms with Gasteiger partial charge in [-0.25, -0.2) is 0 Å². The van der Waals surface area contributed by atoms with Crippen LogP contribution >= 0.6 is 23.2 Å². The maximum atomic E-state index is 5.88. The van der Waals surface area contributed by atoms with Gasteiger partial charge in [-0.2, -0.15) is 10.2 Å². The number of benzene rings is 1. The molecule has 1 aromatic carbocycles. The highest BCUT2D eigenvalue weighted by molar-refractivity contribution is 6.42. The lowest BCUT2D eigenvalue weighted by molar-refractivity contribution is 1.02. The lowest BCUT2D eigenvalue weighted by Gasteiger charge is -1.96. The molecular weight excluding hydrogens is 259 g/mol. The molecule has 17 heavy (non-hydrogen) atoms. The molecule has 4 nitrogen and oxygen atoms in total. The highest BCUT2D eigenvalue weighted by Gasteiger charge is 2.04. The molecule has 1 N–H and O–H groups in total. The van der Waals surface area contributed by atoms with E-state index in [9.17, 15) is 0 Å². The standard InChI is InChI=1S/C11H10Cl2N4/c1-6-11(7(2)15-14-6)17-16-8-3-4-9(12)10(13)5-8/h3-5H,1-2H3,(H,14,15). The second kappa shape index (κ2) is 4.85. The van der Waals surface area contributed by atoms with Crippen LogP contribution in [0.2, 0.25) is 10.0 Å². The van der Waals surface area contributed by atoms with Gasteiger partial charge in [-0.05, 0) is 32.0 Å². The highest BCUT2D eigenvalue weighted by atomic mass is 35.5. The molecule has 0 atom stereocenters. The first-order chi connectivity index (χ1) is 8.08. The van der Waals surface area contributed by atoms with Crippen molar-refractivity contribution in [1.82, 2.24) is 10.2 Å². The number of nitrogens with one attached hydrogen (secondary N) is 1. The number of halogens is 2. The van der Waals surface area contributed by atoms with Gasteiger partial charge in [0.1, 0.15) is 5.69 Å². The number of rotatable bonds is 2. The van der Waals surface area contributed by atoms with Crippen molar-refractivity contribution in [2.45, 2.75) is 13.8 Å². The average Bonchev–Trinajstić information content (AvgIpc) is 2.61. The van der Waals surface area contributed by atoms with Gasteiger partial charge in [-0.15, -0.1) is 5.11 Å². The van der Waals surface area contributed by atoms with Crippen molar-refractivity contribution in [3.05, 3.63) is 39.6 Å². The molecular formula is C11H10Cl2N4. The van der Waals surface area contributed by atoms with Crippen molar-refractivity contribution in [2.24, 2.45) is 10.2 Å². The third kappa shape index (κ3) is 2.65. The molecule has 1 heterocycles. The third-order valence-electron chi connectivity index (χ3n) is 2.26. The van der Waals surface area contributed by atoms with Crippen LogP contribution in [0, 0.1) is 13.8 Å². The van der Waals surface area contributed by atoms with E-state index in [1.165, 1.54) is 0 Å². The monoisotopic (exact) mass is 268 g/mol. The summed E-state index contributed by atoms with van der Waals surface area (Å²) in [5.74, 6) is 0. The highest BCUT2D eigenvalue weighted by Crippen LogP contribution is 2.28. The number of hydrogen-bond donors (Lipinski definition) is 1. The fourth-order valence-electron chi connectivity index (χ4n) is 1.35. The predicted molar refractivity (Wildman–Crippen MR) is 68.7 cm³/mol. The van der Waals surface area contributed by atoms with Crippen LogP contribution < -0.4 is 0 Å². The minimum absolute atomic E-state index is 0.462. The van der Waals surface area contributed by atoms with Crippen molar-refractivity contribution >= 4 is 34.6 Å². The molecule has 2 aromatic rings. The first kappa shape index (κ1) is 12.1. The Morgan fingerprint density at radius 3 is 2.47 bits per heavy atom. The summed E-state index contributed by atoms with van der Waals surface area (Å²) < 4.78 is 0. The van der Waals surface area contributed by atoms with Crippen molar-refractivity contribution in [3.8, 4) is 0 Å². The zero-order valence-electron chi connectivity index (χ0n) is 9.33. The van der Waals surface area contributed by atoms with E-state index >= 15 is 0 Å². The van der Waals surface area contributed by atoms with Crippen molar-refractivity contribution < 1.29 is 0 Å². The fraction of sp³-hybridized carbons (Fsp3) is 0.182. The molecule has 6 heteroatoms. The quantitative estimate of drug-likeness (QED) is 0.786. The van der Waals surface area contributed by atoms with Gasteiger partial charge in [0.25, 0.3) is 0 Å². The van der Waals surface area contributed by atoms with E-state index in [0.717, 1.165) is 17.1 Å². The van der Waals surface area contributed by atoms with E-state index in [2.05, 4.69) is 20.4 Å². The molecule has 0 saturated carbocycles. The van der Waals surface area contributed by atoms with E-state index in [1.807, 2.05) is 13.8 Å². The van der Waals surface area contributed by atoms with Crippen LogP contribution in [-0.4, -0.2) is 10.2 Å². The SMILES string of the molecule is Cc1n[nH]c(C)c1N=Nc1ccc(Cl)c(Cl)c1. The molecule has 0 bridgehead atoms. The molecule has 0 aliphatic heterocycles. The first-order valence-electron chi connectivity index (χ1n) is 4.96. The maximum Gasteiger partial charge on any atom is 0.129 e. The second-order valence-corrected chi connectivity index (χ2v) is 4.40. The lowest BCUT2D eigenvalue weighted by Crippen LogP contribution is -1.71. The molecule has 0 aliphatic carbocycles. The molecule has 0 unspecified atom stereocenters. The Bertz CT molecular complexity index is 555. The molecule has 0 spiro atoms. The summed E-state index contributed by atoms with van der Waals surface area (Å²) in [6.07, 6.45) is 0. The van der Waals surface area contributed by atoms with Gasteiger partial charge < -0.3 is 0 Å². The van der Waals surface area contributed by atoms with Crippen LogP contribution in [0.15, 0.2) is 28.4 Å². The second-order valence-electron chi connectivity index (χ2n) is 3.58. The molecule has 0 fully saturated rings. The van der Waals surface area contributed by atoms with Gasteiger partial charge in [0, 0.05) is 0 Å². The molecule has 0 radical (unpaired) electrons. The average molecular weight is 269 g/mol. The molecule has 0 amide bonds. The Morgan fingerprint density at radius 2 is 1.88 bits per heavy atom. The summed E-state index contributed by atoms with van der Waals surface area (Å²) in [5, 5.41) is 16.1. The van der Waals surface area contributed by atoms with E-state index in [1.54, 1.807) is 18.2 Å². The molecule has 0 saturated heterocycles. The summed E-state index contributed by atoms with van der Waals surface area (Å²) >= 11 is 11.7. The van der Waals surface area contributed by atoms with E-state index in [0.29, 0.717) is 15.7 Å². The zero-order chi connectivity index (χ0) is 12.4. The number of nitrogens with zero attached hydrogens (tertiary/aromatic N) is 3. The number of aromatic nitrogens is 2. The van der Waals surface area contributed by atoms with Crippen molar-refractivity contribution in [2.75, 3.05) is 0 Å². The van der Waals surface area contributed by atoms with Gasteiger partial charge in [0.05, 0.1) is 27.1 Å². The Balaban J connectivity index is 2.29. The van der Waals surface area contributed by atoms with Crippen molar-refractivity contribution in [3.63, 3.8) is 0 Å². The molecule has 88 valence electrons. The number of H-pyrrole nitrogens is 1. The number of hydrogen-bond acceptors (Lipinski definition) is 3. The normalized spacial score (nSPS) is 11.3. The Kier molecular flexibility index (Phi) is 3.45. The van der Waals surface area contributed by atoms with Crippen LogP contribution in [0.4, 0.5) is 11.4 Å². The van der Waals surface area contributed by atoms with Crippen LogP contribution in [-0.2, 0) is 0 Å². The Morgan fingerprint density at radius 1 is 1.12 bits per heavy atom. The molecule has 2 rings (SSSR count). The summed E-state index contributed by atoms with van der Waals surface area (Å²) in [4.78, 5) is 0. The Labute approximate surface area is 109 Å². The zero-order valence-corrected chi connectivity index (χ0v) is 10.8. The fourth-order valence-corrected chi connectivity index (χ4v) is 1.64. The summed E-state index contributed by atoms with van der Waals surface area (Å²) in [6.45, 7) is 3.76. The summed E-state index contributed by atoms with van der Waals surface area (Å²) in [7, 11) is 0. The van der Waals surface area contributed by atoms with Crippen LogP contribution in [0.5, 0.6) is 0 Å². The Hall–Kier alpha value is -1.39. The minimum atomic E-state index is 0.462. The van der Waals surface area contributed by atoms with E-state index in [4.69, 9.17) is 23.2 Å². The topological polar surface area (TPSA) is 53.4 Å². The summed E-state index contributed by atoms with van der Waals surface area (Å²) in [5.41, 5.74) is 3.09. The number of aromatic amines is 1. The van der Waals surface area contributed by atoms with E-state index < -0.39 is 0 Å². The third-order valence-corrected chi connectivity index (χ3v) is 3.00. The summed E-state index contributed by atoms with van der Waals surface area (Å²) in [6, 6.07) is 5.11. The predicted octanol–water partition coefficient (Wildman–Crippen LogP) is 4.75. The van der Waals surface area contributed by atoms with Gasteiger partial charge >= 0.3 is 0 Å². The lowest BCUT2D eigenvalue weighted by atomic mass is 10.3. The smallest absolute Gasteiger partial charge is 0.129 e. The largest absolute Gasteiger partial charge is 0.280 e. The first-order valence-corrected chi connectivity index (χ1v) is 5.72. The van der Waals surface area contributed by atoms with Crippen LogP contribution in [0.3, 0.4) is 0 Å². The van der Waals surface area contributed by atoms with Gasteiger partial charge in [-0.3, -0.25) is 5.10 Å². The van der Waals surface area contributed by atoms with Gasteiger partial charge in [0.15, 0.2) is 0 Å². The van der Waals surface area contributed by atoms with Crippen molar-refractivity contribution in [1.29, 1.82) is 0 Å². The van der Waals surface area contributed by atoms with E-state index in [-0.39, 0.29) is 0 Å². The minimum Gasteiger partial charge on any atom is -0.280 e. The molecule has 1 aromatic heterocycles.